The van der Waals surface area contributed by atoms with Crippen LogP contribution in [0.5, 0.6) is 0 Å². The molecule has 0 radical (unpaired) electrons. The van der Waals surface area contributed by atoms with Gasteiger partial charge in [-0.2, -0.15) is 10.4 Å². The fraction of sp³-hybridized carbons (Fsp3) is 0.690. The number of rotatable bonds is 30. The van der Waals surface area contributed by atoms with Crippen LogP contribution in [0.1, 0.15) is 159 Å². The van der Waals surface area contributed by atoms with Gasteiger partial charge in [0.1, 0.15) is 29.9 Å². The zero-order valence-corrected chi connectivity index (χ0v) is 34.6. The van der Waals surface area contributed by atoms with Crippen molar-refractivity contribution in [3.63, 3.8) is 0 Å². The number of nitriles is 1. The average molecular weight is 802 g/mol. The first kappa shape index (κ1) is 45.7. The minimum absolute atomic E-state index is 0.0438. The van der Waals surface area contributed by atoms with E-state index in [9.17, 15) is 19.1 Å². The van der Waals surface area contributed by atoms with Gasteiger partial charge in [0.15, 0.2) is 5.82 Å². The van der Waals surface area contributed by atoms with Crippen LogP contribution in [0.4, 0.5) is 10.2 Å². The predicted octanol–water partition coefficient (Wildman–Crippen LogP) is 10.3. The summed E-state index contributed by atoms with van der Waals surface area (Å²) in [4.78, 5) is 14.6. The second-order valence-electron chi connectivity index (χ2n) is 15.5. The molecule has 56 heavy (non-hydrogen) atoms. The summed E-state index contributed by atoms with van der Waals surface area (Å²) in [6.07, 6.45) is 23.5. The van der Waals surface area contributed by atoms with Crippen molar-refractivity contribution in [3.05, 3.63) is 59.3 Å². The molecule has 0 amide bonds. The maximum absolute atomic E-state index is 14.1. The van der Waals surface area contributed by atoms with E-state index >= 15 is 0 Å². The van der Waals surface area contributed by atoms with Crippen LogP contribution in [0.15, 0.2) is 36.7 Å². The second-order valence-corrected chi connectivity index (χ2v) is 16.9. The van der Waals surface area contributed by atoms with Gasteiger partial charge in [0.2, 0.25) is 0 Å². The molecule has 1 aromatic carbocycles. The van der Waals surface area contributed by atoms with Gasteiger partial charge >= 0.3 is 7.82 Å². The maximum atomic E-state index is 14.1. The zero-order chi connectivity index (χ0) is 40.1. The van der Waals surface area contributed by atoms with E-state index in [2.05, 4.69) is 17.0 Å². The van der Waals surface area contributed by atoms with E-state index in [-0.39, 0.29) is 38.1 Å². The summed E-state index contributed by atoms with van der Waals surface area (Å²) in [7, 11) is -4.52. The van der Waals surface area contributed by atoms with Crippen LogP contribution in [0.3, 0.4) is 0 Å². The minimum Gasteiger partial charge on any atom is -0.382 e. The van der Waals surface area contributed by atoms with E-state index in [1.54, 1.807) is 4.52 Å². The van der Waals surface area contributed by atoms with Crippen molar-refractivity contribution in [2.75, 3.05) is 32.2 Å². The van der Waals surface area contributed by atoms with Gasteiger partial charge in [-0.05, 0) is 62.1 Å². The predicted molar refractivity (Wildman–Crippen MR) is 215 cm³/mol. The molecule has 4 rings (SSSR count). The first-order chi connectivity index (χ1) is 27.1. The lowest BCUT2D eigenvalue weighted by Gasteiger charge is -2.26. The molecule has 1 aliphatic heterocycles. The normalized spacial score (nSPS) is 18.7. The Morgan fingerprint density at radius 1 is 0.982 bits per heavy atom. The van der Waals surface area contributed by atoms with Crippen molar-refractivity contribution in [2.24, 2.45) is 0 Å². The molecule has 12 nitrogen and oxygen atoms in total. The SMILES string of the molecule is CCCCCCCCCCCCCCCCCCCOC[C@H](COP(=O)(O)OC[C@]1(C)CC[C@H](c2ccc3c(N)ncnn23)O1)OCc1cc(F)cc(C#N)c1. The molecule has 1 aliphatic rings. The number of phosphoric acid groups is 1. The lowest BCUT2D eigenvalue weighted by atomic mass is 10.0. The third kappa shape index (κ3) is 16.5. The highest BCUT2D eigenvalue weighted by molar-refractivity contribution is 7.47. The Hall–Kier alpha value is -2.95. The molecule has 3 N–H and O–H groups in total. The summed E-state index contributed by atoms with van der Waals surface area (Å²) < 4.78 is 57.7. The van der Waals surface area contributed by atoms with Crippen LogP contribution in [-0.4, -0.2) is 57.6 Å². The number of hydrogen-bond acceptors (Lipinski definition) is 10. The third-order valence-corrected chi connectivity index (χ3v) is 11.4. The van der Waals surface area contributed by atoms with Crippen LogP contribution >= 0.6 is 7.82 Å². The minimum atomic E-state index is -4.52. The maximum Gasteiger partial charge on any atom is 0.472 e. The Morgan fingerprint density at radius 2 is 1.62 bits per heavy atom. The summed E-state index contributed by atoms with van der Waals surface area (Å²) in [6.45, 7) is 4.17. The quantitative estimate of drug-likeness (QED) is 0.0487. The Morgan fingerprint density at radius 3 is 2.27 bits per heavy atom. The number of phosphoric ester groups is 1. The molecule has 312 valence electrons. The topological polar surface area (TPSA) is 163 Å². The van der Waals surface area contributed by atoms with Crippen molar-refractivity contribution in [1.29, 1.82) is 5.26 Å². The largest absolute Gasteiger partial charge is 0.472 e. The van der Waals surface area contributed by atoms with E-state index in [1.807, 2.05) is 25.1 Å². The second kappa shape index (κ2) is 24.7. The highest BCUT2D eigenvalue weighted by atomic mass is 31.2. The molecule has 3 aromatic rings. The Labute approximate surface area is 333 Å². The zero-order valence-electron chi connectivity index (χ0n) is 33.7. The molecule has 0 spiro atoms. The fourth-order valence-electron chi connectivity index (χ4n) is 7.16. The van der Waals surface area contributed by atoms with E-state index in [0.29, 0.717) is 36.3 Å². The smallest absolute Gasteiger partial charge is 0.382 e. The molecule has 14 heteroatoms. The Bertz CT molecular complexity index is 1670. The number of hydrogen-bond donors (Lipinski definition) is 2. The monoisotopic (exact) mass is 801 g/mol. The van der Waals surface area contributed by atoms with E-state index in [4.69, 9.17) is 29.0 Å². The third-order valence-electron chi connectivity index (χ3n) is 10.4. The Balaban J connectivity index is 1.13. The summed E-state index contributed by atoms with van der Waals surface area (Å²) in [5.41, 5.74) is 7.23. The number of nitrogens with zero attached hydrogens (tertiary/aromatic N) is 4. The van der Waals surface area contributed by atoms with Crippen molar-refractivity contribution < 1.29 is 37.1 Å². The molecule has 4 atom stereocenters. The highest BCUT2D eigenvalue weighted by Crippen LogP contribution is 2.47. The van der Waals surface area contributed by atoms with Gasteiger partial charge in [-0.15, -0.1) is 0 Å². The van der Waals surface area contributed by atoms with Crippen molar-refractivity contribution in [3.8, 4) is 6.07 Å². The van der Waals surface area contributed by atoms with Crippen molar-refractivity contribution in [2.45, 2.75) is 160 Å². The number of halogens is 1. The first-order valence-corrected chi connectivity index (χ1v) is 22.4. The molecule has 0 saturated carbocycles. The number of nitrogen functional groups attached to an aromatic ring is 1. The fourth-order valence-corrected chi connectivity index (χ4v) is 8.03. The van der Waals surface area contributed by atoms with Gasteiger partial charge < -0.3 is 24.8 Å². The van der Waals surface area contributed by atoms with E-state index in [0.717, 1.165) is 31.0 Å². The van der Waals surface area contributed by atoms with Crippen LogP contribution < -0.4 is 5.73 Å². The molecule has 2 aromatic heterocycles. The summed E-state index contributed by atoms with van der Waals surface area (Å²) in [6, 6.07) is 9.61. The van der Waals surface area contributed by atoms with Gasteiger partial charge in [-0.1, -0.05) is 110 Å². The van der Waals surface area contributed by atoms with E-state index < -0.39 is 25.3 Å². The van der Waals surface area contributed by atoms with Gasteiger partial charge in [0.05, 0.1) is 49.4 Å². The standard InChI is InChI=1S/C42H65FN5O7P/c1-3-4-5-6-7-8-9-10-11-12-13-14-15-16-17-18-19-24-51-30-37(52-29-35-25-34(28-44)26-36(43)27-35)31-53-56(49,50)54-32-42(2)23-22-40(55-42)38-20-21-39-41(45)46-33-47-48(38)39/h20-21,25-27,33,37,40H,3-19,22-24,29-32H2,1-2H3,(H,49,50)(H2,45,46,47)/t37-,40-,42+/m1/s1. The molecular formula is C42H65FN5O7P. The van der Waals surface area contributed by atoms with E-state index in [1.165, 1.54) is 108 Å². The lowest BCUT2D eigenvalue weighted by molar-refractivity contribution is -0.0710. The molecule has 1 saturated heterocycles. The van der Waals surface area contributed by atoms with Crippen molar-refractivity contribution >= 4 is 19.2 Å². The molecule has 3 heterocycles. The number of unbranched alkanes of at least 4 members (excludes halogenated alkanes) is 16. The summed E-state index contributed by atoms with van der Waals surface area (Å²) >= 11 is 0. The molecule has 1 fully saturated rings. The Kier molecular flexibility index (Phi) is 20.2. The number of nitrogens with two attached hydrogens (primary N) is 1. The summed E-state index contributed by atoms with van der Waals surface area (Å²) in [5.74, 6) is -0.189. The van der Waals surface area contributed by atoms with Gasteiger partial charge in [0, 0.05) is 6.61 Å². The number of fused-ring (bicyclic) bond motifs is 1. The van der Waals surface area contributed by atoms with Gasteiger partial charge in [-0.3, -0.25) is 9.05 Å². The molecule has 1 unspecified atom stereocenters. The van der Waals surface area contributed by atoms with Crippen molar-refractivity contribution in [1.82, 2.24) is 14.6 Å². The van der Waals surface area contributed by atoms with Crippen LogP contribution in [-0.2, 0) is 34.4 Å². The molecule has 0 bridgehead atoms. The average Bonchev–Trinajstić information content (AvgIpc) is 3.80. The van der Waals surface area contributed by atoms with Crippen LogP contribution in [0.2, 0.25) is 0 Å². The number of anilines is 1. The van der Waals surface area contributed by atoms with Crippen LogP contribution in [0.25, 0.3) is 5.52 Å². The highest BCUT2D eigenvalue weighted by Gasteiger charge is 2.40. The van der Waals surface area contributed by atoms with Gasteiger partial charge in [-0.25, -0.2) is 18.5 Å². The van der Waals surface area contributed by atoms with Crippen LogP contribution in [0, 0.1) is 17.1 Å². The lowest BCUT2D eigenvalue weighted by Crippen LogP contribution is -2.30. The molecule has 0 aliphatic carbocycles. The first-order valence-electron chi connectivity index (χ1n) is 20.9. The molecular weight excluding hydrogens is 736 g/mol. The summed E-state index contributed by atoms with van der Waals surface area (Å²) in [5, 5.41) is 13.5. The number of aromatic nitrogens is 3. The number of ether oxygens (including phenoxy) is 3. The van der Waals surface area contributed by atoms with Gasteiger partial charge in [0.25, 0.3) is 0 Å². The number of benzene rings is 1.